The number of anilines is 2. The normalized spacial score (nSPS) is 17.3. The number of nitrogens with two attached hydrogens (primary N) is 2. The van der Waals surface area contributed by atoms with Crippen LogP contribution < -0.4 is 16.1 Å². The van der Waals surface area contributed by atoms with E-state index in [1.807, 2.05) is 0 Å². The summed E-state index contributed by atoms with van der Waals surface area (Å²) in [5.74, 6) is -0.525. The summed E-state index contributed by atoms with van der Waals surface area (Å²) in [6, 6.07) is 0. The molecule has 2 aromatic heterocycles. The van der Waals surface area contributed by atoms with Gasteiger partial charge in [0.25, 0.3) is 0 Å². The van der Waals surface area contributed by atoms with Gasteiger partial charge in [-0.3, -0.25) is 4.89 Å². The summed E-state index contributed by atoms with van der Waals surface area (Å²) in [5.41, 5.74) is 10.5. The molecule has 0 amide bonds. The molecule has 8 N–H and O–H groups in total. The number of phosphoric acid groups is 3. The van der Waals surface area contributed by atoms with Crippen molar-refractivity contribution in [1.29, 1.82) is 0 Å². The average Bonchev–Trinajstić information content (AvgIpc) is 2.66. The smallest absolute Gasteiger partial charge is 0.382 e. The second kappa shape index (κ2) is 6.04. The number of aromatic nitrogens is 4. The molecule has 2 aromatic rings. The predicted molar refractivity (Wildman–Crippen MR) is 74.6 cm³/mol. The lowest BCUT2D eigenvalue weighted by atomic mass is 10.5. The molecule has 2 atom stereocenters. The van der Waals surface area contributed by atoms with E-state index < -0.39 is 23.5 Å². The quantitative estimate of drug-likeness (QED) is 0.306. The minimum atomic E-state index is -5.65. The highest BCUT2D eigenvalue weighted by atomic mass is 31.3. The predicted octanol–water partition coefficient (Wildman–Crippen LogP) is -1.25. The highest BCUT2D eigenvalue weighted by Gasteiger charge is 2.42. The van der Waals surface area contributed by atoms with E-state index in [2.05, 4.69) is 28.2 Å². The van der Waals surface area contributed by atoms with Gasteiger partial charge in [-0.2, -0.15) is 18.6 Å². The summed E-state index contributed by atoms with van der Waals surface area (Å²) in [4.78, 5) is 46.1. The SMILES string of the molecule is Nc1nc(N)c2ncn(OP(=O)(O)OP(=O)(O)OP(=O)(O)O)c2n1. The van der Waals surface area contributed by atoms with Crippen molar-refractivity contribution in [2.45, 2.75) is 0 Å². The molecule has 0 radical (unpaired) electrons. The molecule has 0 aliphatic heterocycles. The molecule has 24 heavy (non-hydrogen) atoms. The van der Waals surface area contributed by atoms with Crippen LogP contribution in [0.25, 0.3) is 11.2 Å². The molecule has 0 bridgehead atoms. The minimum absolute atomic E-state index is 0.0807. The Morgan fingerprint density at radius 3 is 2.21 bits per heavy atom. The first-order chi connectivity index (χ1) is 10.8. The molecule has 0 saturated heterocycles. The Morgan fingerprint density at radius 2 is 1.62 bits per heavy atom. The van der Waals surface area contributed by atoms with Crippen LogP contribution in [-0.4, -0.2) is 39.3 Å². The van der Waals surface area contributed by atoms with Gasteiger partial charge in [0.2, 0.25) is 11.6 Å². The standard InChI is InChI=1S/C5H9N6O10P3/c6-3-2-4(10-5(7)9-3)11(1-8-2)19-23(15,16)21-24(17,18)20-22(12,13)14/h1H,(H,15,16)(H,17,18)(H2,12,13,14)(H4,6,7,9,10). The van der Waals surface area contributed by atoms with Gasteiger partial charge in [-0.25, -0.2) is 18.7 Å². The molecule has 0 saturated carbocycles. The fraction of sp³-hybridized carbons (Fsp3) is 0. The lowest BCUT2D eigenvalue weighted by molar-refractivity contribution is 0.163. The maximum absolute atomic E-state index is 11.7. The maximum Gasteiger partial charge on any atom is 0.555 e. The Hall–Kier alpha value is -1.60. The van der Waals surface area contributed by atoms with Crippen LogP contribution in [-0.2, 0) is 22.3 Å². The van der Waals surface area contributed by atoms with Gasteiger partial charge in [-0.1, -0.05) is 0 Å². The van der Waals surface area contributed by atoms with Crippen LogP contribution in [0.5, 0.6) is 0 Å². The van der Waals surface area contributed by atoms with Gasteiger partial charge < -0.3 is 30.8 Å². The van der Waals surface area contributed by atoms with Gasteiger partial charge in [0.05, 0.1) is 0 Å². The minimum Gasteiger partial charge on any atom is -0.382 e. The van der Waals surface area contributed by atoms with Crippen molar-refractivity contribution in [2.75, 3.05) is 11.5 Å². The van der Waals surface area contributed by atoms with Crippen molar-refractivity contribution in [1.82, 2.24) is 19.7 Å². The van der Waals surface area contributed by atoms with Crippen molar-refractivity contribution >= 4 is 46.4 Å². The number of fused-ring (bicyclic) bond motifs is 1. The lowest BCUT2D eigenvalue weighted by Crippen LogP contribution is -2.11. The third-order valence-electron chi connectivity index (χ3n) is 2.02. The number of hydrogen-bond donors (Lipinski definition) is 6. The number of rotatable bonds is 6. The summed E-state index contributed by atoms with van der Waals surface area (Å²) in [5, 5.41) is 0. The molecule has 0 spiro atoms. The summed E-state index contributed by atoms with van der Waals surface area (Å²) in [6.45, 7) is 0. The highest BCUT2D eigenvalue weighted by molar-refractivity contribution is 7.66. The van der Waals surface area contributed by atoms with Crippen molar-refractivity contribution < 1.29 is 46.5 Å². The van der Waals surface area contributed by atoms with E-state index in [1.165, 1.54) is 0 Å². The van der Waals surface area contributed by atoms with Crippen LogP contribution in [0, 0.1) is 0 Å². The molecule has 19 heteroatoms. The molecule has 134 valence electrons. The van der Waals surface area contributed by atoms with Crippen LogP contribution in [0.2, 0.25) is 0 Å². The molecule has 0 aliphatic rings. The van der Waals surface area contributed by atoms with Gasteiger partial charge in [0, 0.05) is 0 Å². The average molecular weight is 406 g/mol. The highest BCUT2D eigenvalue weighted by Crippen LogP contribution is 2.65. The molecule has 16 nitrogen and oxygen atoms in total. The first-order valence-corrected chi connectivity index (χ1v) is 9.90. The fourth-order valence-electron chi connectivity index (χ4n) is 1.39. The third kappa shape index (κ3) is 4.70. The van der Waals surface area contributed by atoms with Crippen molar-refractivity contribution in [3.05, 3.63) is 6.33 Å². The van der Waals surface area contributed by atoms with Crippen molar-refractivity contribution in [3.8, 4) is 0 Å². The van der Waals surface area contributed by atoms with E-state index in [0.29, 0.717) is 4.73 Å². The Morgan fingerprint density at radius 1 is 1.00 bits per heavy atom. The molecular weight excluding hydrogens is 397 g/mol. The third-order valence-corrected chi connectivity index (χ3v) is 5.73. The van der Waals surface area contributed by atoms with Crippen LogP contribution in [0.15, 0.2) is 6.33 Å². The molecule has 2 unspecified atom stereocenters. The maximum atomic E-state index is 11.7. The second-order valence-electron chi connectivity index (χ2n) is 3.88. The van der Waals surface area contributed by atoms with E-state index in [1.54, 1.807) is 0 Å². The van der Waals surface area contributed by atoms with Gasteiger partial charge in [0.15, 0.2) is 11.3 Å². The summed E-state index contributed by atoms with van der Waals surface area (Å²) < 4.78 is 45.3. The van der Waals surface area contributed by atoms with Crippen molar-refractivity contribution in [3.63, 3.8) is 0 Å². The Balaban J connectivity index is 2.28. The number of nitrogen functional groups attached to an aromatic ring is 2. The van der Waals surface area contributed by atoms with E-state index in [-0.39, 0.29) is 22.9 Å². The van der Waals surface area contributed by atoms with E-state index >= 15 is 0 Å². The summed E-state index contributed by atoms with van der Waals surface area (Å²) in [7, 11) is -16.6. The zero-order chi connectivity index (χ0) is 18.3. The van der Waals surface area contributed by atoms with Crippen LogP contribution >= 0.6 is 23.5 Å². The van der Waals surface area contributed by atoms with E-state index in [0.717, 1.165) is 6.33 Å². The van der Waals surface area contributed by atoms with Crippen LogP contribution in [0.1, 0.15) is 0 Å². The van der Waals surface area contributed by atoms with Crippen molar-refractivity contribution in [2.24, 2.45) is 0 Å². The number of hydrogen-bond acceptors (Lipinski definition) is 11. The molecular formula is C5H9N6O10P3. The zero-order valence-corrected chi connectivity index (χ0v) is 13.8. The largest absolute Gasteiger partial charge is 0.555 e. The van der Waals surface area contributed by atoms with E-state index in [9.17, 15) is 18.6 Å². The van der Waals surface area contributed by atoms with Gasteiger partial charge in [-0.15, -0.1) is 4.73 Å². The monoisotopic (exact) mass is 406 g/mol. The second-order valence-corrected chi connectivity index (χ2v) is 8.21. The fourth-order valence-corrected chi connectivity index (χ4v) is 4.35. The van der Waals surface area contributed by atoms with Crippen LogP contribution in [0.4, 0.5) is 11.8 Å². The van der Waals surface area contributed by atoms with Gasteiger partial charge in [-0.05, 0) is 0 Å². The zero-order valence-electron chi connectivity index (χ0n) is 11.1. The summed E-state index contributed by atoms with van der Waals surface area (Å²) in [6.07, 6.45) is 0.785. The molecule has 0 aliphatic carbocycles. The molecule has 0 aromatic carbocycles. The molecule has 2 rings (SSSR count). The number of nitrogens with zero attached hydrogens (tertiary/aromatic N) is 4. The molecule has 0 fully saturated rings. The topological polar surface area (TPSA) is 255 Å². The van der Waals surface area contributed by atoms with Crippen LogP contribution in [0.3, 0.4) is 0 Å². The Kier molecular flexibility index (Phi) is 4.71. The molecule has 2 heterocycles. The summed E-state index contributed by atoms with van der Waals surface area (Å²) >= 11 is 0. The van der Waals surface area contributed by atoms with Gasteiger partial charge in [0.1, 0.15) is 6.33 Å². The van der Waals surface area contributed by atoms with E-state index in [4.69, 9.17) is 26.1 Å². The number of imidazole rings is 1. The lowest BCUT2D eigenvalue weighted by Gasteiger charge is -2.16. The first kappa shape index (κ1) is 18.7. The first-order valence-electron chi connectivity index (χ1n) is 5.38. The van der Waals surface area contributed by atoms with Gasteiger partial charge >= 0.3 is 23.5 Å². The Bertz CT molecular complexity index is 921. The Labute approximate surface area is 131 Å².